The number of carbonyl (C=O) groups is 1. The van der Waals surface area contributed by atoms with Gasteiger partial charge in [-0.05, 0) is 32.0 Å². The van der Waals surface area contributed by atoms with Crippen LogP contribution in [-0.4, -0.2) is 30.3 Å². The first-order valence-corrected chi connectivity index (χ1v) is 7.96. The molecule has 0 atom stereocenters. The van der Waals surface area contributed by atoms with Gasteiger partial charge in [0, 0.05) is 11.4 Å². The van der Waals surface area contributed by atoms with Gasteiger partial charge in [-0.1, -0.05) is 43.9 Å². The highest BCUT2D eigenvalue weighted by atomic mass is 16.3. The fourth-order valence-corrected chi connectivity index (χ4v) is 3.25. The lowest BCUT2D eigenvalue weighted by Gasteiger charge is -2.25. The fraction of sp³-hybridized carbons (Fsp3) is 0.500. The smallest absolute Gasteiger partial charge is 0.211 e. The van der Waals surface area contributed by atoms with E-state index >= 15 is 0 Å². The minimum absolute atomic E-state index is 0.0814. The predicted molar refractivity (Wildman–Crippen MR) is 84.7 cm³/mol. The van der Waals surface area contributed by atoms with Crippen molar-refractivity contribution in [3.05, 3.63) is 36.1 Å². The Morgan fingerprint density at radius 3 is 2.62 bits per heavy atom. The van der Waals surface area contributed by atoms with Crippen LogP contribution in [0.1, 0.15) is 49.1 Å². The number of nitrogens with zero attached hydrogens (tertiary/aromatic N) is 1. The maximum Gasteiger partial charge on any atom is 0.211 e. The maximum atomic E-state index is 12.4. The van der Waals surface area contributed by atoms with E-state index in [1.807, 2.05) is 30.3 Å². The van der Waals surface area contributed by atoms with Gasteiger partial charge in [0.2, 0.25) is 5.78 Å². The van der Waals surface area contributed by atoms with Crippen molar-refractivity contribution in [2.75, 3.05) is 13.6 Å². The first-order chi connectivity index (χ1) is 10.2. The van der Waals surface area contributed by atoms with Crippen LogP contribution in [-0.2, 0) is 0 Å². The Morgan fingerprint density at radius 1 is 1.19 bits per heavy atom. The van der Waals surface area contributed by atoms with Crippen molar-refractivity contribution in [3.8, 4) is 0 Å². The van der Waals surface area contributed by atoms with E-state index in [0.717, 1.165) is 11.0 Å². The summed E-state index contributed by atoms with van der Waals surface area (Å²) in [6.45, 7) is 0.449. The molecule has 0 spiro atoms. The zero-order valence-corrected chi connectivity index (χ0v) is 12.7. The standard InChI is InChI=1S/C18H23NO2/c1-19(15-9-4-2-3-5-10-15)13-16(20)18-12-14-8-6-7-11-17(14)21-18/h6-8,11-12,15H,2-5,9-10,13H2,1H3. The van der Waals surface area contributed by atoms with E-state index in [9.17, 15) is 4.79 Å². The number of ketones is 1. The van der Waals surface area contributed by atoms with Crippen LogP contribution in [0.25, 0.3) is 11.0 Å². The predicted octanol–water partition coefficient (Wildman–Crippen LogP) is 4.27. The van der Waals surface area contributed by atoms with Gasteiger partial charge < -0.3 is 4.42 Å². The van der Waals surface area contributed by atoms with Crippen LogP contribution in [0.3, 0.4) is 0 Å². The third-order valence-electron chi connectivity index (χ3n) is 4.54. The number of carbonyl (C=O) groups excluding carboxylic acids is 1. The van der Waals surface area contributed by atoms with Crippen LogP contribution < -0.4 is 0 Å². The molecule has 1 saturated carbocycles. The lowest BCUT2D eigenvalue weighted by molar-refractivity contribution is 0.0887. The van der Waals surface area contributed by atoms with E-state index in [1.165, 1.54) is 38.5 Å². The molecule has 0 radical (unpaired) electrons. The second-order valence-electron chi connectivity index (χ2n) is 6.13. The fourth-order valence-electron chi connectivity index (χ4n) is 3.25. The molecule has 0 aliphatic heterocycles. The normalized spacial score (nSPS) is 17.2. The van der Waals surface area contributed by atoms with Crippen LogP contribution in [0.2, 0.25) is 0 Å². The minimum Gasteiger partial charge on any atom is -0.453 e. The number of benzene rings is 1. The Labute approximate surface area is 125 Å². The summed E-state index contributed by atoms with van der Waals surface area (Å²) in [5.41, 5.74) is 0.790. The number of furan rings is 1. The number of hydrogen-bond donors (Lipinski definition) is 0. The third-order valence-corrected chi connectivity index (χ3v) is 4.54. The van der Waals surface area contributed by atoms with Gasteiger partial charge in [-0.2, -0.15) is 0 Å². The second kappa shape index (κ2) is 6.44. The van der Waals surface area contributed by atoms with Crippen molar-refractivity contribution in [1.29, 1.82) is 0 Å². The van der Waals surface area contributed by atoms with E-state index in [-0.39, 0.29) is 5.78 Å². The number of Topliss-reactive ketones (excluding diaryl/α,β-unsaturated/α-hetero) is 1. The summed E-state index contributed by atoms with van der Waals surface area (Å²) in [6.07, 6.45) is 7.67. The first kappa shape index (κ1) is 14.3. The number of rotatable bonds is 4. The summed E-state index contributed by atoms with van der Waals surface area (Å²) in [6, 6.07) is 10.2. The highest BCUT2D eigenvalue weighted by Gasteiger charge is 2.21. The topological polar surface area (TPSA) is 33.5 Å². The van der Waals surface area contributed by atoms with Gasteiger partial charge in [-0.25, -0.2) is 0 Å². The van der Waals surface area contributed by atoms with Crippen LogP contribution in [0.15, 0.2) is 34.7 Å². The molecule has 0 saturated heterocycles. The number of likely N-dealkylation sites (N-methyl/N-ethyl adjacent to an activating group) is 1. The molecule has 3 heteroatoms. The van der Waals surface area contributed by atoms with Crippen LogP contribution in [0.4, 0.5) is 0 Å². The molecule has 112 valence electrons. The Kier molecular flexibility index (Phi) is 4.39. The van der Waals surface area contributed by atoms with Crippen LogP contribution in [0.5, 0.6) is 0 Å². The summed E-state index contributed by atoms with van der Waals surface area (Å²) >= 11 is 0. The first-order valence-electron chi connectivity index (χ1n) is 7.96. The van der Waals surface area contributed by atoms with E-state index < -0.39 is 0 Å². The SMILES string of the molecule is CN(CC(=O)c1cc2ccccc2o1)C1CCCCCC1. The van der Waals surface area contributed by atoms with Gasteiger partial charge in [0.1, 0.15) is 5.58 Å². The molecule has 2 aromatic rings. The maximum absolute atomic E-state index is 12.4. The van der Waals surface area contributed by atoms with Crippen molar-refractivity contribution in [2.45, 2.75) is 44.6 Å². The number of fused-ring (bicyclic) bond motifs is 1. The molecular formula is C18H23NO2. The average Bonchev–Trinajstić information content (AvgIpc) is 2.73. The van der Waals surface area contributed by atoms with Crippen molar-refractivity contribution < 1.29 is 9.21 Å². The molecule has 1 aromatic heterocycles. The van der Waals surface area contributed by atoms with Gasteiger partial charge >= 0.3 is 0 Å². The molecule has 1 heterocycles. The molecule has 3 nitrogen and oxygen atoms in total. The monoisotopic (exact) mass is 285 g/mol. The van der Waals surface area contributed by atoms with Gasteiger partial charge in [0.15, 0.2) is 5.76 Å². The lowest BCUT2D eigenvalue weighted by Crippen LogP contribution is -2.35. The summed E-state index contributed by atoms with van der Waals surface area (Å²) in [7, 11) is 2.07. The molecular weight excluding hydrogens is 262 g/mol. The Balaban J connectivity index is 1.67. The highest BCUT2D eigenvalue weighted by molar-refractivity contribution is 5.98. The largest absolute Gasteiger partial charge is 0.453 e. The van der Waals surface area contributed by atoms with Crippen molar-refractivity contribution >= 4 is 16.8 Å². The van der Waals surface area contributed by atoms with Crippen LogP contribution >= 0.6 is 0 Å². The molecule has 0 bridgehead atoms. The molecule has 0 amide bonds. The lowest BCUT2D eigenvalue weighted by atomic mass is 10.1. The molecule has 1 aliphatic rings. The van der Waals surface area contributed by atoms with E-state index in [0.29, 0.717) is 18.3 Å². The van der Waals surface area contributed by atoms with Gasteiger partial charge in [0.05, 0.1) is 6.54 Å². The molecule has 3 rings (SSSR count). The third kappa shape index (κ3) is 3.35. The molecule has 0 N–H and O–H groups in total. The Morgan fingerprint density at radius 2 is 1.90 bits per heavy atom. The summed E-state index contributed by atoms with van der Waals surface area (Å²) in [5.74, 6) is 0.564. The molecule has 1 fully saturated rings. The molecule has 1 aromatic carbocycles. The van der Waals surface area contributed by atoms with Crippen molar-refractivity contribution in [2.24, 2.45) is 0 Å². The number of hydrogen-bond acceptors (Lipinski definition) is 3. The molecule has 0 unspecified atom stereocenters. The summed E-state index contributed by atoms with van der Waals surface area (Å²) < 4.78 is 5.67. The van der Waals surface area contributed by atoms with Gasteiger partial charge in [0.25, 0.3) is 0 Å². The molecule has 1 aliphatic carbocycles. The highest BCUT2D eigenvalue weighted by Crippen LogP contribution is 2.22. The van der Waals surface area contributed by atoms with E-state index in [2.05, 4.69) is 11.9 Å². The van der Waals surface area contributed by atoms with Crippen LogP contribution in [0, 0.1) is 0 Å². The zero-order valence-electron chi connectivity index (χ0n) is 12.7. The quantitative estimate of drug-likeness (QED) is 0.621. The van der Waals surface area contributed by atoms with Gasteiger partial charge in [-0.3, -0.25) is 9.69 Å². The Hall–Kier alpha value is -1.61. The average molecular weight is 285 g/mol. The number of para-hydroxylation sites is 1. The van der Waals surface area contributed by atoms with E-state index in [1.54, 1.807) is 0 Å². The van der Waals surface area contributed by atoms with Crippen molar-refractivity contribution in [3.63, 3.8) is 0 Å². The zero-order chi connectivity index (χ0) is 14.7. The summed E-state index contributed by atoms with van der Waals surface area (Å²) in [4.78, 5) is 14.6. The molecule has 21 heavy (non-hydrogen) atoms. The van der Waals surface area contributed by atoms with Gasteiger partial charge in [-0.15, -0.1) is 0 Å². The second-order valence-corrected chi connectivity index (χ2v) is 6.13. The van der Waals surface area contributed by atoms with Crippen molar-refractivity contribution in [1.82, 2.24) is 4.90 Å². The van der Waals surface area contributed by atoms with E-state index in [4.69, 9.17) is 4.42 Å². The Bertz CT molecular complexity index is 575. The summed E-state index contributed by atoms with van der Waals surface area (Å²) in [5, 5.41) is 0.998. The minimum atomic E-state index is 0.0814.